The average Bonchev–Trinajstić information content (AvgIpc) is 2.81. The van der Waals surface area contributed by atoms with Crippen molar-refractivity contribution in [2.75, 3.05) is 0 Å². The van der Waals surface area contributed by atoms with Crippen molar-refractivity contribution in [2.24, 2.45) is 0 Å². The molecule has 0 aliphatic heterocycles. The van der Waals surface area contributed by atoms with Gasteiger partial charge in [0.2, 0.25) is 0 Å². The maximum absolute atomic E-state index is 11.1. The summed E-state index contributed by atoms with van der Waals surface area (Å²) in [6, 6.07) is 11.3. The van der Waals surface area contributed by atoms with Crippen molar-refractivity contribution < 1.29 is 9.90 Å². The number of carboxylic acid groups (broad SMARTS) is 1. The molecule has 0 unspecified atom stereocenters. The Morgan fingerprint density at radius 3 is 2.74 bits per heavy atom. The van der Waals surface area contributed by atoms with Gasteiger partial charge in [0.25, 0.3) is 0 Å². The number of aromatic amines is 1. The van der Waals surface area contributed by atoms with E-state index in [9.17, 15) is 4.79 Å². The minimum absolute atomic E-state index is 0.191. The van der Waals surface area contributed by atoms with Crippen LogP contribution in [0.1, 0.15) is 21.7 Å². The van der Waals surface area contributed by atoms with Gasteiger partial charge >= 0.3 is 5.97 Å². The number of carboxylic acids is 1. The van der Waals surface area contributed by atoms with Crippen LogP contribution >= 0.6 is 0 Å². The normalized spacial score (nSPS) is 10.7. The summed E-state index contributed by atoms with van der Waals surface area (Å²) in [6.45, 7) is 0. The topological polar surface area (TPSA) is 78.9 Å². The van der Waals surface area contributed by atoms with Crippen LogP contribution in [0.15, 0.2) is 42.6 Å². The quantitative estimate of drug-likeness (QED) is 0.750. The summed E-state index contributed by atoms with van der Waals surface area (Å²) in [4.78, 5) is 22.5. The Kier molecular flexibility index (Phi) is 2.72. The molecule has 94 valence electrons. The molecule has 0 aliphatic carbocycles. The molecule has 0 atom stereocenters. The van der Waals surface area contributed by atoms with Gasteiger partial charge in [0.1, 0.15) is 5.82 Å². The predicted molar refractivity (Wildman–Crippen MR) is 70.1 cm³/mol. The van der Waals surface area contributed by atoms with Crippen LogP contribution in [0.4, 0.5) is 0 Å². The van der Waals surface area contributed by atoms with E-state index in [0.29, 0.717) is 23.4 Å². The molecule has 1 aromatic carbocycles. The van der Waals surface area contributed by atoms with Gasteiger partial charge in [-0.25, -0.2) is 14.8 Å². The zero-order valence-corrected chi connectivity index (χ0v) is 10.00. The lowest BCUT2D eigenvalue weighted by molar-refractivity contribution is 0.0698. The summed E-state index contributed by atoms with van der Waals surface area (Å²) in [5.41, 5.74) is 2.21. The monoisotopic (exact) mass is 253 g/mol. The van der Waals surface area contributed by atoms with Gasteiger partial charge in [-0.3, -0.25) is 0 Å². The van der Waals surface area contributed by atoms with Crippen molar-refractivity contribution in [3.05, 3.63) is 59.5 Å². The van der Waals surface area contributed by atoms with E-state index in [1.807, 2.05) is 30.3 Å². The molecule has 3 aromatic rings. The molecule has 0 bridgehead atoms. The Morgan fingerprint density at radius 2 is 2.00 bits per heavy atom. The lowest BCUT2D eigenvalue weighted by Gasteiger charge is -1.96. The molecular weight excluding hydrogens is 242 g/mol. The molecule has 3 rings (SSSR count). The second kappa shape index (κ2) is 4.53. The van der Waals surface area contributed by atoms with Crippen LogP contribution in [0.2, 0.25) is 0 Å². The summed E-state index contributed by atoms with van der Waals surface area (Å²) in [5, 5.41) is 9.11. The van der Waals surface area contributed by atoms with E-state index in [2.05, 4.69) is 15.0 Å². The molecule has 2 N–H and O–H groups in total. The summed E-state index contributed by atoms with van der Waals surface area (Å²) in [7, 11) is 0. The maximum atomic E-state index is 11.1. The first kappa shape index (κ1) is 11.4. The number of nitrogens with one attached hydrogen (secondary N) is 1. The summed E-state index contributed by atoms with van der Waals surface area (Å²) in [6.07, 6.45) is 2.08. The molecule has 0 spiro atoms. The van der Waals surface area contributed by atoms with Crippen molar-refractivity contribution in [1.82, 2.24) is 15.0 Å². The Bertz CT molecular complexity index is 735. The fourth-order valence-electron chi connectivity index (χ4n) is 2.01. The van der Waals surface area contributed by atoms with Gasteiger partial charge in [-0.2, -0.15) is 0 Å². The van der Waals surface area contributed by atoms with Crippen molar-refractivity contribution in [3.63, 3.8) is 0 Å². The Hall–Kier alpha value is -2.69. The van der Waals surface area contributed by atoms with Gasteiger partial charge in [-0.1, -0.05) is 30.3 Å². The zero-order valence-electron chi connectivity index (χ0n) is 10.00. The van der Waals surface area contributed by atoms with Crippen LogP contribution in [0.5, 0.6) is 0 Å². The van der Waals surface area contributed by atoms with Crippen LogP contribution in [0, 0.1) is 0 Å². The molecule has 5 nitrogen and oxygen atoms in total. The highest BCUT2D eigenvalue weighted by Crippen LogP contribution is 2.16. The molecule has 0 aliphatic rings. The van der Waals surface area contributed by atoms with Crippen LogP contribution in [-0.2, 0) is 6.42 Å². The first-order chi connectivity index (χ1) is 9.24. The lowest BCUT2D eigenvalue weighted by atomic mass is 10.1. The Balaban J connectivity index is 2.03. The molecule has 19 heavy (non-hydrogen) atoms. The van der Waals surface area contributed by atoms with E-state index in [1.165, 1.54) is 12.3 Å². The van der Waals surface area contributed by atoms with Gasteiger partial charge in [-0.15, -0.1) is 0 Å². The molecule has 0 saturated heterocycles. The SMILES string of the molecule is O=C(O)c1ccnc2nc(Cc3ccccc3)[nH]c12. The van der Waals surface area contributed by atoms with Crippen molar-refractivity contribution in [1.29, 1.82) is 0 Å². The largest absolute Gasteiger partial charge is 0.478 e. The van der Waals surface area contributed by atoms with Crippen LogP contribution in [0.3, 0.4) is 0 Å². The number of benzene rings is 1. The van der Waals surface area contributed by atoms with E-state index in [1.54, 1.807) is 0 Å². The molecule has 5 heteroatoms. The van der Waals surface area contributed by atoms with Gasteiger partial charge in [0.05, 0.1) is 11.1 Å². The second-order valence-corrected chi connectivity index (χ2v) is 4.21. The molecule has 0 saturated carbocycles. The zero-order chi connectivity index (χ0) is 13.2. The molecule has 0 fully saturated rings. The minimum atomic E-state index is -0.984. The third kappa shape index (κ3) is 2.18. The number of imidazole rings is 1. The summed E-state index contributed by atoms with van der Waals surface area (Å²) in [5.74, 6) is -0.273. The van der Waals surface area contributed by atoms with Gasteiger partial charge < -0.3 is 10.1 Å². The van der Waals surface area contributed by atoms with Gasteiger partial charge in [-0.05, 0) is 11.6 Å². The fourth-order valence-corrected chi connectivity index (χ4v) is 2.01. The number of hydrogen-bond acceptors (Lipinski definition) is 3. The van der Waals surface area contributed by atoms with E-state index in [-0.39, 0.29) is 5.56 Å². The second-order valence-electron chi connectivity index (χ2n) is 4.21. The molecular formula is C14H11N3O2. The molecule has 2 aromatic heterocycles. The summed E-state index contributed by atoms with van der Waals surface area (Å²) >= 11 is 0. The minimum Gasteiger partial charge on any atom is -0.478 e. The Morgan fingerprint density at radius 1 is 1.21 bits per heavy atom. The predicted octanol–water partition coefficient (Wildman–Crippen LogP) is 2.25. The van der Waals surface area contributed by atoms with Crippen LogP contribution < -0.4 is 0 Å². The van der Waals surface area contributed by atoms with Gasteiger partial charge in [0, 0.05) is 12.6 Å². The Labute approximate surface area is 109 Å². The highest BCUT2D eigenvalue weighted by molar-refractivity contribution is 5.99. The number of nitrogens with zero attached hydrogens (tertiary/aromatic N) is 2. The van der Waals surface area contributed by atoms with Crippen LogP contribution in [0.25, 0.3) is 11.2 Å². The molecule has 0 amide bonds. The standard InChI is InChI=1S/C14H11N3O2/c18-14(19)10-6-7-15-13-12(10)16-11(17-13)8-9-4-2-1-3-5-9/h1-7H,8H2,(H,18,19)(H,15,16,17). The van der Waals surface area contributed by atoms with E-state index in [4.69, 9.17) is 5.11 Å². The lowest BCUT2D eigenvalue weighted by Crippen LogP contribution is -1.97. The number of aromatic carboxylic acids is 1. The number of pyridine rings is 1. The number of rotatable bonds is 3. The number of aromatic nitrogens is 3. The molecule has 0 radical (unpaired) electrons. The highest BCUT2D eigenvalue weighted by atomic mass is 16.4. The average molecular weight is 253 g/mol. The third-order valence-electron chi connectivity index (χ3n) is 2.89. The third-order valence-corrected chi connectivity index (χ3v) is 2.89. The number of hydrogen-bond donors (Lipinski definition) is 2. The van der Waals surface area contributed by atoms with E-state index >= 15 is 0 Å². The maximum Gasteiger partial charge on any atom is 0.338 e. The van der Waals surface area contributed by atoms with Gasteiger partial charge in [0.15, 0.2) is 5.65 Å². The van der Waals surface area contributed by atoms with Crippen molar-refractivity contribution in [2.45, 2.75) is 6.42 Å². The number of carbonyl (C=O) groups is 1. The smallest absolute Gasteiger partial charge is 0.338 e. The number of fused-ring (bicyclic) bond motifs is 1. The van der Waals surface area contributed by atoms with E-state index < -0.39 is 5.97 Å². The highest BCUT2D eigenvalue weighted by Gasteiger charge is 2.13. The van der Waals surface area contributed by atoms with Crippen molar-refractivity contribution >= 4 is 17.1 Å². The fraction of sp³-hybridized carbons (Fsp3) is 0.0714. The van der Waals surface area contributed by atoms with Crippen molar-refractivity contribution in [3.8, 4) is 0 Å². The molecule has 2 heterocycles. The first-order valence-electron chi connectivity index (χ1n) is 5.85. The first-order valence-corrected chi connectivity index (χ1v) is 5.85. The van der Waals surface area contributed by atoms with Crippen LogP contribution in [-0.4, -0.2) is 26.0 Å². The summed E-state index contributed by atoms with van der Waals surface area (Å²) < 4.78 is 0. The number of H-pyrrole nitrogens is 1. The van der Waals surface area contributed by atoms with E-state index in [0.717, 1.165) is 5.56 Å².